The molecule has 3 N–H and O–H groups in total. The smallest absolute Gasteiger partial charge is 0.327 e. The van der Waals surface area contributed by atoms with Crippen LogP contribution in [-0.2, 0) is 20.8 Å². The van der Waals surface area contributed by atoms with Gasteiger partial charge in [-0.1, -0.05) is 30.3 Å². The second kappa shape index (κ2) is 7.42. The summed E-state index contributed by atoms with van der Waals surface area (Å²) in [4.78, 5) is 34.5. The van der Waals surface area contributed by atoms with Gasteiger partial charge in [0.05, 0.1) is 0 Å². The molecule has 21 heavy (non-hydrogen) atoms. The average molecular weight is 291 g/mol. The van der Waals surface area contributed by atoms with E-state index in [0.717, 1.165) is 5.56 Å². The van der Waals surface area contributed by atoms with Gasteiger partial charge in [0.15, 0.2) is 0 Å². The highest BCUT2D eigenvalue weighted by Gasteiger charge is 2.20. The molecule has 1 aromatic rings. The molecule has 0 fully saturated rings. The maximum absolute atomic E-state index is 11.6. The van der Waals surface area contributed by atoms with E-state index < -0.39 is 17.4 Å². The topological polar surface area (TPSA) is 87.3 Å². The fraction of sp³-hybridized carbons (Fsp3) is 0.400. The SMILES string of the molecule is CC(C)(C)NC(=O)C(=O)NNC(=O)CCc1ccccc1. The molecule has 3 amide bonds. The number of rotatable bonds is 3. The number of hydrogen-bond donors (Lipinski definition) is 3. The van der Waals surface area contributed by atoms with Gasteiger partial charge in [0.25, 0.3) is 0 Å². The van der Waals surface area contributed by atoms with Crippen LogP contribution in [0, 0.1) is 0 Å². The quantitative estimate of drug-likeness (QED) is 0.565. The van der Waals surface area contributed by atoms with E-state index in [-0.39, 0.29) is 12.3 Å². The first-order valence-electron chi connectivity index (χ1n) is 6.73. The van der Waals surface area contributed by atoms with Gasteiger partial charge in [-0.15, -0.1) is 0 Å². The summed E-state index contributed by atoms with van der Waals surface area (Å²) in [7, 11) is 0. The van der Waals surface area contributed by atoms with Gasteiger partial charge in [0, 0.05) is 12.0 Å². The third-order valence-corrected chi connectivity index (χ3v) is 2.49. The second-order valence-electron chi connectivity index (χ2n) is 5.69. The highest BCUT2D eigenvalue weighted by molar-refractivity contribution is 6.35. The maximum atomic E-state index is 11.6. The first kappa shape index (κ1) is 16.7. The second-order valence-corrected chi connectivity index (χ2v) is 5.69. The zero-order chi connectivity index (χ0) is 15.9. The monoisotopic (exact) mass is 291 g/mol. The predicted octanol–water partition coefficient (Wildman–Crippen LogP) is 0.681. The van der Waals surface area contributed by atoms with Gasteiger partial charge < -0.3 is 5.32 Å². The molecule has 0 aliphatic heterocycles. The zero-order valence-corrected chi connectivity index (χ0v) is 12.5. The van der Waals surface area contributed by atoms with Crippen molar-refractivity contribution in [2.45, 2.75) is 39.2 Å². The number of aryl methyl sites for hydroxylation is 1. The summed E-state index contributed by atoms with van der Waals surface area (Å²) in [6.45, 7) is 5.28. The molecule has 0 unspecified atom stereocenters. The molecule has 0 bridgehead atoms. The minimum Gasteiger partial charge on any atom is -0.343 e. The van der Waals surface area contributed by atoms with Crippen molar-refractivity contribution in [2.24, 2.45) is 0 Å². The van der Waals surface area contributed by atoms with Gasteiger partial charge in [-0.2, -0.15) is 0 Å². The van der Waals surface area contributed by atoms with Crippen LogP contribution >= 0.6 is 0 Å². The molecule has 6 nitrogen and oxygen atoms in total. The largest absolute Gasteiger partial charge is 0.343 e. The number of carbonyl (C=O) groups is 3. The van der Waals surface area contributed by atoms with E-state index in [1.165, 1.54) is 0 Å². The molecule has 0 radical (unpaired) electrons. The van der Waals surface area contributed by atoms with Gasteiger partial charge >= 0.3 is 11.8 Å². The first-order chi connectivity index (χ1) is 9.78. The number of carbonyl (C=O) groups excluding carboxylic acids is 3. The van der Waals surface area contributed by atoms with E-state index >= 15 is 0 Å². The van der Waals surface area contributed by atoms with Crippen molar-refractivity contribution in [3.05, 3.63) is 35.9 Å². The summed E-state index contributed by atoms with van der Waals surface area (Å²) in [6.07, 6.45) is 0.794. The standard InChI is InChI=1S/C15H21N3O3/c1-15(2,3)16-13(20)14(21)18-17-12(19)10-9-11-7-5-4-6-8-11/h4-8H,9-10H2,1-3H3,(H,16,20)(H,17,19)(H,18,21). The highest BCUT2D eigenvalue weighted by atomic mass is 16.2. The van der Waals surface area contributed by atoms with Crippen molar-refractivity contribution >= 4 is 17.7 Å². The van der Waals surface area contributed by atoms with Crippen molar-refractivity contribution in [3.8, 4) is 0 Å². The van der Waals surface area contributed by atoms with Crippen molar-refractivity contribution < 1.29 is 14.4 Å². The molecule has 114 valence electrons. The Hall–Kier alpha value is -2.37. The van der Waals surface area contributed by atoms with Crippen molar-refractivity contribution in [1.29, 1.82) is 0 Å². The lowest BCUT2D eigenvalue weighted by molar-refractivity contribution is -0.141. The molecule has 0 heterocycles. The van der Waals surface area contributed by atoms with Crippen molar-refractivity contribution in [2.75, 3.05) is 0 Å². The average Bonchev–Trinajstić information content (AvgIpc) is 2.41. The molecular weight excluding hydrogens is 270 g/mol. The zero-order valence-electron chi connectivity index (χ0n) is 12.5. The Morgan fingerprint density at radius 1 is 0.952 bits per heavy atom. The van der Waals surface area contributed by atoms with E-state index in [1.54, 1.807) is 20.8 Å². The Morgan fingerprint density at radius 2 is 1.57 bits per heavy atom. The van der Waals surface area contributed by atoms with Crippen LogP contribution in [-0.4, -0.2) is 23.3 Å². The van der Waals surface area contributed by atoms with Crippen LogP contribution in [0.1, 0.15) is 32.8 Å². The molecular formula is C15H21N3O3. The third-order valence-electron chi connectivity index (χ3n) is 2.49. The summed E-state index contributed by atoms with van der Waals surface area (Å²) in [5.74, 6) is -2.03. The summed E-state index contributed by atoms with van der Waals surface area (Å²) >= 11 is 0. The highest BCUT2D eigenvalue weighted by Crippen LogP contribution is 2.01. The van der Waals surface area contributed by atoms with Crippen LogP contribution in [0.15, 0.2) is 30.3 Å². The molecule has 0 aliphatic carbocycles. The van der Waals surface area contributed by atoms with Crippen LogP contribution in [0.25, 0.3) is 0 Å². The lowest BCUT2D eigenvalue weighted by Gasteiger charge is -2.19. The predicted molar refractivity (Wildman–Crippen MR) is 78.9 cm³/mol. The van der Waals surface area contributed by atoms with Gasteiger partial charge in [0.1, 0.15) is 0 Å². The van der Waals surface area contributed by atoms with Crippen LogP contribution in [0.3, 0.4) is 0 Å². The molecule has 6 heteroatoms. The lowest BCUT2D eigenvalue weighted by Crippen LogP contribution is -2.52. The third kappa shape index (κ3) is 7.10. The fourth-order valence-electron chi connectivity index (χ4n) is 1.55. The van der Waals surface area contributed by atoms with E-state index in [1.807, 2.05) is 30.3 Å². The normalized spacial score (nSPS) is 10.6. The summed E-state index contributed by atoms with van der Waals surface area (Å²) < 4.78 is 0. The fourth-order valence-corrected chi connectivity index (χ4v) is 1.55. The number of nitrogens with one attached hydrogen (secondary N) is 3. The minimum absolute atomic E-state index is 0.227. The lowest BCUT2D eigenvalue weighted by atomic mass is 10.1. The number of benzene rings is 1. The molecule has 0 aliphatic rings. The maximum Gasteiger partial charge on any atom is 0.327 e. The Morgan fingerprint density at radius 3 is 2.14 bits per heavy atom. The summed E-state index contributed by atoms with van der Waals surface area (Å²) in [5, 5.41) is 2.50. The van der Waals surface area contributed by atoms with Gasteiger partial charge in [-0.25, -0.2) is 0 Å². The summed E-state index contributed by atoms with van der Waals surface area (Å²) in [5.41, 5.74) is 4.83. The molecule has 0 atom stereocenters. The van der Waals surface area contributed by atoms with E-state index in [4.69, 9.17) is 0 Å². The summed E-state index contributed by atoms with van der Waals surface area (Å²) in [6, 6.07) is 9.53. The first-order valence-corrected chi connectivity index (χ1v) is 6.73. The van der Waals surface area contributed by atoms with Crippen molar-refractivity contribution in [3.63, 3.8) is 0 Å². The van der Waals surface area contributed by atoms with Gasteiger partial charge in [-0.05, 0) is 32.8 Å². The number of hydrazine groups is 1. The van der Waals surface area contributed by atoms with E-state index in [2.05, 4.69) is 16.2 Å². The van der Waals surface area contributed by atoms with Crippen LogP contribution < -0.4 is 16.2 Å². The number of hydrogen-bond acceptors (Lipinski definition) is 3. The Kier molecular flexibility index (Phi) is 5.90. The Labute approximate surface area is 124 Å². The van der Waals surface area contributed by atoms with Gasteiger partial charge in [0.2, 0.25) is 5.91 Å². The van der Waals surface area contributed by atoms with Gasteiger partial charge in [-0.3, -0.25) is 25.2 Å². The molecule has 0 spiro atoms. The molecule has 1 aromatic carbocycles. The molecule has 0 saturated heterocycles. The number of amides is 3. The van der Waals surface area contributed by atoms with E-state index in [9.17, 15) is 14.4 Å². The Balaban J connectivity index is 2.29. The van der Waals surface area contributed by atoms with Crippen LogP contribution in [0.5, 0.6) is 0 Å². The molecule has 0 aromatic heterocycles. The minimum atomic E-state index is -0.891. The van der Waals surface area contributed by atoms with E-state index in [0.29, 0.717) is 6.42 Å². The Bertz CT molecular complexity index is 507. The molecule has 0 saturated carbocycles. The van der Waals surface area contributed by atoms with Crippen molar-refractivity contribution in [1.82, 2.24) is 16.2 Å². The van der Waals surface area contributed by atoms with Crippen LogP contribution in [0.2, 0.25) is 0 Å². The molecule has 1 rings (SSSR count). The van der Waals surface area contributed by atoms with Crippen LogP contribution in [0.4, 0.5) is 0 Å².